The van der Waals surface area contributed by atoms with E-state index in [1.165, 1.54) is 21.3 Å². The van der Waals surface area contributed by atoms with Gasteiger partial charge < -0.3 is 14.8 Å². The lowest BCUT2D eigenvalue weighted by atomic mass is 10.1. The first-order chi connectivity index (χ1) is 12.0. The van der Waals surface area contributed by atoms with Gasteiger partial charge in [-0.15, -0.1) is 0 Å². The zero-order valence-electron chi connectivity index (χ0n) is 14.0. The van der Waals surface area contributed by atoms with E-state index in [0.29, 0.717) is 11.5 Å². The Labute approximate surface area is 144 Å². The fourth-order valence-electron chi connectivity index (χ4n) is 2.68. The molecule has 0 atom stereocenters. The Morgan fingerprint density at radius 1 is 1.04 bits per heavy atom. The molecule has 1 N–H and O–H groups in total. The lowest BCUT2D eigenvalue weighted by molar-refractivity contribution is 0.0693. The highest BCUT2D eigenvalue weighted by Gasteiger charge is 2.35. The van der Waals surface area contributed by atoms with Crippen molar-refractivity contribution in [3.63, 3.8) is 0 Å². The van der Waals surface area contributed by atoms with Crippen LogP contribution in [0.25, 0.3) is 0 Å². The molecule has 25 heavy (non-hydrogen) atoms. The van der Waals surface area contributed by atoms with Crippen LogP contribution in [0.4, 0.5) is 5.69 Å². The van der Waals surface area contributed by atoms with Crippen LogP contribution in [0.5, 0.6) is 11.5 Å². The highest BCUT2D eigenvalue weighted by Crippen LogP contribution is 2.30. The summed E-state index contributed by atoms with van der Waals surface area (Å²) < 4.78 is 10.3. The summed E-state index contributed by atoms with van der Waals surface area (Å²) in [4.78, 5) is 38.0. The third-order valence-corrected chi connectivity index (χ3v) is 4.02. The van der Waals surface area contributed by atoms with Crippen molar-refractivity contribution in [3.05, 3.63) is 53.1 Å². The molecule has 1 aliphatic heterocycles. The molecule has 2 aromatic rings. The summed E-state index contributed by atoms with van der Waals surface area (Å²) in [6, 6.07) is 9.54. The van der Waals surface area contributed by atoms with Gasteiger partial charge in [0.25, 0.3) is 17.7 Å². The smallest absolute Gasteiger partial charge is 0.263 e. The van der Waals surface area contributed by atoms with Crippen molar-refractivity contribution in [1.29, 1.82) is 0 Å². The van der Waals surface area contributed by atoms with E-state index in [1.807, 2.05) is 0 Å². The molecule has 0 aromatic heterocycles. The maximum absolute atomic E-state index is 12.6. The normalized spacial score (nSPS) is 12.8. The van der Waals surface area contributed by atoms with Crippen LogP contribution in [0.1, 0.15) is 31.1 Å². The van der Waals surface area contributed by atoms with Gasteiger partial charge in [0.1, 0.15) is 11.5 Å². The first kappa shape index (κ1) is 16.5. The number of carbonyl (C=O) groups is 3. The summed E-state index contributed by atoms with van der Waals surface area (Å²) in [7, 11) is 4.37. The summed E-state index contributed by atoms with van der Waals surface area (Å²) in [6.07, 6.45) is 0. The second kappa shape index (κ2) is 6.27. The molecule has 0 radical (unpaired) electrons. The van der Waals surface area contributed by atoms with Gasteiger partial charge in [-0.25, -0.2) is 0 Å². The third-order valence-electron chi connectivity index (χ3n) is 4.02. The van der Waals surface area contributed by atoms with E-state index in [-0.39, 0.29) is 22.4 Å². The summed E-state index contributed by atoms with van der Waals surface area (Å²) in [5.74, 6) is -0.404. The van der Waals surface area contributed by atoms with Crippen molar-refractivity contribution in [1.82, 2.24) is 4.90 Å². The van der Waals surface area contributed by atoms with Crippen LogP contribution in [0.15, 0.2) is 36.4 Å². The fraction of sp³-hybridized carbons (Fsp3) is 0.167. The second-order valence-electron chi connectivity index (χ2n) is 5.42. The van der Waals surface area contributed by atoms with E-state index in [4.69, 9.17) is 9.47 Å². The van der Waals surface area contributed by atoms with Crippen molar-refractivity contribution in [2.45, 2.75) is 0 Å². The average Bonchev–Trinajstić information content (AvgIpc) is 2.86. The number of hydrogen-bond donors (Lipinski definition) is 1. The fourth-order valence-corrected chi connectivity index (χ4v) is 2.68. The molecule has 128 valence electrons. The number of ether oxygens (including phenoxy) is 2. The predicted octanol–water partition coefficient (Wildman–Crippen LogP) is 2.18. The quantitative estimate of drug-likeness (QED) is 0.863. The van der Waals surface area contributed by atoms with E-state index < -0.39 is 17.7 Å². The van der Waals surface area contributed by atoms with E-state index in [0.717, 1.165) is 4.90 Å². The minimum absolute atomic E-state index is 0.191. The number of imide groups is 1. The maximum Gasteiger partial charge on any atom is 0.263 e. The number of nitrogens with zero attached hydrogens (tertiary/aromatic N) is 1. The minimum atomic E-state index is -0.456. The average molecular weight is 340 g/mol. The second-order valence-corrected chi connectivity index (χ2v) is 5.42. The molecule has 0 saturated carbocycles. The minimum Gasteiger partial charge on any atom is -0.497 e. The van der Waals surface area contributed by atoms with Crippen LogP contribution >= 0.6 is 0 Å². The molecule has 0 aliphatic carbocycles. The Balaban J connectivity index is 1.96. The summed E-state index contributed by atoms with van der Waals surface area (Å²) in [6.45, 7) is 0. The van der Waals surface area contributed by atoms with E-state index in [2.05, 4.69) is 5.32 Å². The Morgan fingerprint density at radius 2 is 1.80 bits per heavy atom. The van der Waals surface area contributed by atoms with Crippen molar-refractivity contribution in [2.24, 2.45) is 0 Å². The van der Waals surface area contributed by atoms with Crippen LogP contribution in [0.2, 0.25) is 0 Å². The molecule has 2 aromatic carbocycles. The van der Waals surface area contributed by atoms with Gasteiger partial charge in [0.05, 0.1) is 36.6 Å². The lowest BCUT2D eigenvalue weighted by Gasteiger charge is -2.12. The van der Waals surface area contributed by atoms with Crippen LogP contribution in [0, 0.1) is 0 Å². The van der Waals surface area contributed by atoms with Crippen molar-refractivity contribution >= 4 is 23.4 Å². The topological polar surface area (TPSA) is 84.9 Å². The summed E-state index contributed by atoms with van der Waals surface area (Å²) in [5.41, 5.74) is 1.02. The molecule has 0 saturated heterocycles. The zero-order chi connectivity index (χ0) is 18.1. The Hall–Kier alpha value is -3.35. The molecule has 0 spiro atoms. The molecule has 3 amide bonds. The van der Waals surface area contributed by atoms with Gasteiger partial charge in [-0.3, -0.25) is 19.3 Å². The van der Waals surface area contributed by atoms with E-state index in [1.54, 1.807) is 36.4 Å². The number of rotatable bonds is 4. The molecule has 0 unspecified atom stereocenters. The van der Waals surface area contributed by atoms with Gasteiger partial charge >= 0.3 is 0 Å². The molecule has 3 rings (SSSR count). The summed E-state index contributed by atoms with van der Waals surface area (Å²) >= 11 is 0. The SMILES string of the molecule is COc1ccc(C(=O)Nc2cccc3c2C(=O)N(C)C3=O)c(OC)c1. The Morgan fingerprint density at radius 3 is 2.48 bits per heavy atom. The van der Waals surface area contributed by atoms with Crippen LogP contribution in [0.3, 0.4) is 0 Å². The number of anilines is 1. The number of methoxy groups -OCH3 is 2. The molecule has 1 aliphatic rings. The molecular weight excluding hydrogens is 324 g/mol. The van der Waals surface area contributed by atoms with Gasteiger partial charge in [0, 0.05) is 13.1 Å². The predicted molar refractivity (Wildman–Crippen MR) is 90.4 cm³/mol. The van der Waals surface area contributed by atoms with Crippen LogP contribution in [-0.4, -0.2) is 43.9 Å². The first-order valence-electron chi connectivity index (χ1n) is 7.46. The molecule has 7 heteroatoms. The molecule has 1 heterocycles. The monoisotopic (exact) mass is 340 g/mol. The molecule has 0 fully saturated rings. The first-order valence-corrected chi connectivity index (χ1v) is 7.46. The molecule has 0 bridgehead atoms. The highest BCUT2D eigenvalue weighted by molar-refractivity contribution is 6.24. The van der Waals surface area contributed by atoms with Gasteiger partial charge in [0.15, 0.2) is 0 Å². The zero-order valence-corrected chi connectivity index (χ0v) is 14.0. The van der Waals surface area contributed by atoms with Crippen molar-refractivity contribution < 1.29 is 23.9 Å². The third kappa shape index (κ3) is 2.69. The van der Waals surface area contributed by atoms with Gasteiger partial charge in [0.2, 0.25) is 0 Å². The van der Waals surface area contributed by atoms with Crippen molar-refractivity contribution in [2.75, 3.05) is 26.6 Å². The standard InChI is InChI=1S/C18H16N2O5/c1-20-17(22)12-5-4-6-13(15(12)18(20)23)19-16(21)11-8-7-10(24-2)9-14(11)25-3/h4-9H,1-3H3,(H,19,21). The van der Waals surface area contributed by atoms with Crippen molar-refractivity contribution in [3.8, 4) is 11.5 Å². The largest absolute Gasteiger partial charge is 0.497 e. The van der Waals surface area contributed by atoms with Gasteiger partial charge in [-0.1, -0.05) is 6.07 Å². The number of amides is 3. The molecule has 7 nitrogen and oxygen atoms in total. The van der Waals surface area contributed by atoms with Gasteiger partial charge in [-0.2, -0.15) is 0 Å². The number of nitrogens with one attached hydrogen (secondary N) is 1. The maximum atomic E-state index is 12.6. The number of carbonyl (C=O) groups excluding carboxylic acids is 3. The Bertz CT molecular complexity index is 891. The number of benzene rings is 2. The number of hydrogen-bond acceptors (Lipinski definition) is 5. The van der Waals surface area contributed by atoms with Crippen LogP contribution < -0.4 is 14.8 Å². The van der Waals surface area contributed by atoms with E-state index >= 15 is 0 Å². The number of fused-ring (bicyclic) bond motifs is 1. The summed E-state index contributed by atoms with van der Waals surface area (Å²) in [5, 5.41) is 2.68. The Kier molecular flexibility index (Phi) is 4.14. The van der Waals surface area contributed by atoms with Gasteiger partial charge in [-0.05, 0) is 24.3 Å². The molecular formula is C18H16N2O5. The van der Waals surface area contributed by atoms with E-state index in [9.17, 15) is 14.4 Å². The van der Waals surface area contributed by atoms with Crippen LogP contribution in [-0.2, 0) is 0 Å². The lowest BCUT2D eigenvalue weighted by Crippen LogP contribution is -2.24. The highest BCUT2D eigenvalue weighted by atomic mass is 16.5.